The molecule has 2 rings (SSSR count). The lowest BCUT2D eigenvalue weighted by Gasteiger charge is -2.32. The lowest BCUT2D eigenvalue weighted by atomic mass is 9.72. The summed E-state index contributed by atoms with van der Waals surface area (Å²) in [5, 5.41) is 0. The van der Waals surface area contributed by atoms with Gasteiger partial charge in [-0.15, -0.1) is 0 Å². The maximum absolute atomic E-state index is 12.2. The minimum Gasteiger partial charge on any atom is -0.295 e. The van der Waals surface area contributed by atoms with E-state index in [0.717, 1.165) is 17.6 Å². The van der Waals surface area contributed by atoms with E-state index in [9.17, 15) is 4.79 Å². The van der Waals surface area contributed by atoms with Gasteiger partial charge in [-0.1, -0.05) is 141 Å². The van der Waals surface area contributed by atoms with E-state index in [1.807, 2.05) is 6.92 Å². The summed E-state index contributed by atoms with van der Waals surface area (Å²) in [6, 6.07) is 0. The third-order valence-corrected chi connectivity index (χ3v) is 8.36. The van der Waals surface area contributed by atoms with E-state index in [4.69, 9.17) is 0 Å². The first kappa shape index (κ1) is 34.0. The normalized spacial score (nSPS) is 21.8. The molecule has 220 valence electrons. The van der Waals surface area contributed by atoms with E-state index >= 15 is 0 Å². The number of rotatable bonds is 10. The van der Waals surface area contributed by atoms with Crippen LogP contribution in [0.25, 0.3) is 0 Å². The third-order valence-electron chi connectivity index (χ3n) is 8.36. The van der Waals surface area contributed by atoms with Crippen LogP contribution in [-0.4, -0.2) is 5.78 Å². The minimum absolute atomic E-state index is 0.0507. The molecule has 0 saturated heterocycles. The molecule has 41 heavy (non-hydrogen) atoms. The molecule has 1 heteroatoms. The molecule has 0 aromatic carbocycles. The third kappa shape index (κ3) is 11.3. The van der Waals surface area contributed by atoms with Crippen molar-refractivity contribution in [1.82, 2.24) is 0 Å². The van der Waals surface area contributed by atoms with Gasteiger partial charge in [0.1, 0.15) is 0 Å². The van der Waals surface area contributed by atoms with Crippen molar-refractivity contribution >= 4 is 5.78 Å². The molecule has 0 radical (unpaired) electrons. The summed E-state index contributed by atoms with van der Waals surface area (Å²) in [5.41, 5.74) is 10.3. The average Bonchev–Trinajstić information content (AvgIpc) is 2.88. The monoisotopic (exact) mass is 550 g/mol. The minimum atomic E-state index is 0.0507. The summed E-state index contributed by atoms with van der Waals surface area (Å²) in [6.07, 6.45) is 35.4. The van der Waals surface area contributed by atoms with E-state index in [1.165, 1.54) is 52.7 Å². The van der Waals surface area contributed by atoms with Gasteiger partial charge in [0.25, 0.3) is 0 Å². The molecule has 0 aromatic rings. The van der Waals surface area contributed by atoms with Gasteiger partial charge < -0.3 is 0 Å². The Balaban J connectivity index is 1.91. The Hall–Kier alpha value is -3.19. The molecular weight excluding hydrogens is 496 g/mol. The second kappa shape index (κ2) is 15.7. The fraction of sp³-hybridized carbons (Fsp3) is 0.425. The molecule has 0 heterocycles. The highest BCUT2D eigenvalue weighted by molar-refractivity contribution is 5.97. The maximum Gasteiger partial charge on any atom is 0.158 e. The smallest absolute Gasteiger partial charge is 0.158 e. The highest BCUT2D eigenvalue weighted by Gasteiger charge is 2.30. The lowest BCUT2D eigenvalue weighted by molar-refractivity contribution is -0.116. The number of hydrogen-bond acceptors (Lipinski definition) is 1. The molecule has 0 amide bonds. The van der Waals surface area contributed by atoms with Crippen LogP contribution in [0.3, 0.4) is 0 Å². The van der Waals surface area contributed by atoms with Crippen LogP contribution < -0.4 is 0 Å². The predicted molar refractivity (Wildman–Crippen MR) is 182 cm³/mol. The van der Waals surface area contributed by atoms with Crippen LogP contribution in [-0.2, 0) is 4.79 Å². The summed E-state index contributed by atoms with van der Waals surface area (Å²) in [4.78, 5) is 12.2. The molecule has 2 aliphatic rings. The van der Waals surface area contributed by atoms with Gasteiger partial charge in [0, 0.05) is 6.42 Å². The van der Waals surface area contributed by atoms with Crippen molar-refractivity contribution in [2.24, 2.45) is 10.8 Å². The van der Waals surface area contributed by atoms with Gasteiger partial charge in [0.05, 0.1) is 0 Å². The van der Waals surface area contributed by atoms with Crippen LogP contribution in [0.5, 0.6) is 0 Å². The largest absolute Gasteiger partial charge is 0.295 e. The van der Waals surface area contributed by atoms with Crippen molar-refractivity contribution < 1.29 is 4.79 Å². The summed E-state index contributed by atoms with van der Waals surface area (Å²) in [5.74, 6) is 0.280. The fourth-order valence-corrected chi connectivity index (χ4v) is 5.54. The van der Waals surface area contributed by atoms with Crippen LogP contribution in [0.4, 0.5) is 0 Å². The number of carbonyl (C=O) groups excluding carboxylic acids is 1. The Morgan fingerprint density at radius 3 is 1.54 bits per heavy atom. The van der Waals surface area contributed by atoms with E-state index < -0.39 is 0 Å². The Labute approximate surface area is 252 Å². The van der Waals surface area contributed by atoms with Gasteiger partial charge in [0.15, 0.2) is 5.78 Å². The van der Waals surface area contributed by atoms with Crippen LogP contribution >= 0.6 is 0 Å². The van der Waals surface area contributed by atoms with E-state index in [-0.39, 0.29) is 16.6 Å². The van der Waals surface area contributed by atoms with E-state index in [0.29, 0.717) is 6.42 Å². The van der Waals surface area contributed by atoms with Crippen molar-refractivity contribution in [3.63, 3.8) is 0 Å². The molecule has 2 aliphatic carbocycles. The molecule has 0 saturated carbocycles. The quantitative estimate of drug-likeness (QED) is 0.247. The fourth-order valence-electron chi connectivity index (χ4n) is 5.54. The topological polar surface area (TPSA) is 17.1 Å². The van der Waals surface area contributed by atoms with Crippen molar-refractivity contribution in [2.75, 3.05) is 0 Å². The highest BCUT2D eigenvalue weighted by atomic mass is 16.1. The number of allylic oxidation sites excluding steroid dienone is 22. The first-order valence-corrected chi connectivity index (χ1v) is 15.3. The Morgan fingerprint density at radius 2 is 1.02 bits per heavy atom. The van der Waals surface area contributed by atoms with E-state index in [1.54, 1.807) is 0 Å². The molecule has 0 bridgehead atoms. The van der Waals surface area contributed by atoms with Crippen LogP contribution in [0.1, 0.15) is 101 Å². The van der Waals surface area contributed by atoms with Gasteiger partial charge in [-0.05, 0) is 94.8 Å². The van der Waals surface area contributed by atoms with E-state index in [2.05, 4.69) is 147 Å². The number of Topliss-reactive ketones (excluding diaryl/α,β-unsaturated/α-hetero) is 1. The molecule has 0 aromatic heterocycles. The van der Waals surface area contributed by atoms with Gasteiger partial charge in [-0.3, -0.25) is 4.79 Å². The second-order valence-corrected chi connectivity index (χ2v) is 13.2. The SMILES string of the molecule is CC1=C(/C=C/C(C)=C\C=C/C(C)=C/C=C/C=C(C)/C=C\C=C(C)/C=C/C2=C(C)C(=O)CCC2(C)C)C(C)(C)CCC1. The molecule has 0 fully saturated rings. The number of hydrogen-bond donors (Lipinski definition) is 0. The zero-order valence-electron chi connectivity index (χ0n) is 27.5. The summed E-state index contributed by atoms with van der Waals surface area (Å²) >= 11 is 0. The van der Waals surface area contributed by atoms with Gasteiger partial charge in [-0.25, -0.2) is 0 Å². The molecule has 1 nitrogen and oxygen atoms in total. The molecule has 0 unspecified atom stereocenters. The van der Waals surface area contributed by atoms with Gasteiger partial charge in [0.2, 0.25) is 0 Å². The van der Waals surface area contributed by atoms with Gasteiger partial charge in [-0.2, -0.15) is 0 Å². The summed E-state index contributed by atoms with van der Waals surface area (Å²) in [7, 11) is 0. The zero-order chi connectivity index (χ0) is 30.6. The maximum atomic E-state index is 12.2. The summed E-state index contributed by atoms with van der Waals surface area (Å²) < 4.78 is 0. The van der Waals surface area contributed by atoms with Crippen molar-refractivity contribution in [3.05, 3.63) is 130 Å². The van der Waals surface area contributed by atoms with Crippen molar-refractivity contribution in [3.8, 4) is 0 Å². The molecule has 0 aliphatic heterocycles. The van der Waals surface area contributed by atoms with Gasteiger partial charge >= 0.3 is 0 Å². The molecule has 0 N–H and O–H groups in total. The standard InChI is InChI=1S/C40H54O/c1-30(18-13-20-32(3)23-25-36-34(5)22-15-28-39(36,7)8)16-11-12-17-31(2)19-14-21-33(4)24-26-37-35(6)38(41)27-29-40(37,9)10/h11-14,16-21,23-26H,15,22,27-29H2,1-10H3/b12-11+,18-13-,19-14-,25-23+,26-24+,30-16+,31-17+,32-20-,33-21-. The van der Waals surface area contributed by atoms with Crippen LogP contribution in [0, 0.1) is 10.8 Å². The molecule has 0 spiro atoms. The molecular formula is C40H54O. The van der Waals surface area contributed by atoms with Crippen molar-refractivity contribution in [1.29, 1.82) is 0 Å². The summed E-state index contributed by atoms with van der Waals surface area (Å²) in [6.45, 7) is 21.9. The predicted octanol–water partition coefficient (Wildman–Crippen LogP) is 11.8. The average molecular weight is 551 g/mol. The highest BCUT2D eigenvalue weighted by Crippen LogP contribution is 2.41. The number of ketones is 1. The Morgan fingerprint density at radius 1 is 0.585 bits per heavy atom. The zero-order valence-corrected chi connectivity index (χ0v) is 27.5. The Kier molecular flexibility index (Phi) is 13.0. The Bertz CT molecular complexity index is 1300. The first-order valence-electron chi connectivity index (χ1n) is 15.3. The molecule has 0 atom stereocenters. The first-order chi connectivity index (χ1) is 19.2. The van der Waals surface area contributed by atoms with Crippen LogP contribution in [0.2, 0.25) is 0 Å². The number of carbonyl (C=O) groups is 1. The van der Waals surface area contributed by atoms with Crippen molar-refractivity contribution in [2.45, 2.75) is 101 Å². The van der Waals surface area contributed by atoms with Crippen LogP contribution in [0.15, 0.2) is 130 Å². The lowest BCUT2D eigenvalue weighted by Crippen LogP contribution is -2.24. The second-order valence-electron chi connectivity index (χ2n) is 13.2.